The molecule has 0 aliphatic carbocycles. The van der Waals surface area contributed by atoms with Crippen LogP contribution in [0.1, 0.15) is 0 Å². The highest BCUT2D eigenvalue weighted by atomic mass is 32.2. The maximum atomic E-state index is 12.3. The second-order valence-corrected chi connectivity index (χ2v) is 6.82. The fraction of sp³-hybridized carbons (Fsp3) is 0.211. The van der Waals surface area contributed by atoms with Gasteiger partial charge in [0, 0.05) is 17.4 Å². The van der Waals surface area contributed by atoms with Crippen LogP contribution in [0.25, 0.3) is 5.69 Å². The van der Waals surface area contributed by atoms with Crippen molar-refractivity contribution in [1.82, 2.24) is 14.8 Å². The Kier molecular flexibility index (Phi) is 5.34. The first kappa shape index (κ1) is 18.2. The van der Waals surface area contributed by atoms with Crippen LogP contribution in [0.15, 0.2) is 53.9 Å². The van der Waals surface area contributed by atoms with E-state index in [4.69, 9.17) is 14.2 Å². The minimum Gasteiger partial charge on any atom is -0.497 e. The van der Waals surface area contributed by atoms with E-state index in [1.807, 2.05) is 28.8 Å². The molecule has 0 bridgehead atoms. The van der Waals surface area contributed by atoms with E-state index in [2.05, 4.69) is 15.5 Å². The number of rotatable bonds is 6. The molecule has 1 amide bonds. The first-order valence-electron chi connectivity index (χ1n) is 8.60. The molecule has 0 atom stereocenters. The average molecular weight is 398 g/mol. The van der Waals surface area contributed by atoms with Gasteiger partial charge in [-0.25, -0.2) is 0 Å². The summed E-state index contributed by atoms with van der Waals surface area (Å²) >= 11 is 1.30. The number of hydrogen-bond acceptors (Lipinski definition) is 7. The quantitative estimate of drug-likeness (QED) is 0.639. The summed E-state index contributed by atoms with van der Waals surface area (Å²) in [5.41, 5.74) is 1.55. The Morgan fingerprint density at radius 1 is 1.18 bits per heavy atom. The van der Waals surface area contributed by atoms with Crippen LogP contribution in [-0.2, 0) is 4.79 Å². The number of nitrogens with zero attached hydrogens (tertiary/aromatic N) is 3. The maximum absolute atomic E-state index is 12.3. The number of amides is 1. The summed E-state index contributed by atoms with van der Waals surface area (Å²) in [4.78, 5) is 12.3. The molecule has 2 aromatic carbocycles. The number of methoxy groups -OCH3 is 1. The molecule has 1 aliphatic heterocycles. The lowest BCUT2D eigenvalue weighted by atomic mass is 10.2. The summed E-state index contributed by atoms with van der Waals surface area (Å²) in [6, 6.07) is 12.9. The van der Waals surface area contributed by atoms with Gasteiger partial charge in [0.15, 0.2) is 16.7 Å². The fourth-order valence-corrected chi connectivity index (χ4v) is 3.42. The number of fused-ring (bicyclic) bond motifs is 1. The minimum atomic E-state index is -0.147. The van der Waals surface area contributed by atoms with Crippen LogP contribution in [0.3, 0.4) is 0 Å². The molecule has 8 nitrogen and oxygen atoms in total. The summed E-state index contributed by atoms with van der Waals surface area (Å²) in [6.45, 7) is 1.03. The highest BCUT2D eigenvalue weighted by Crippen LogP contribution is 2.32. The number of hydrogen-bond donors (Lipinski definition) is 1. The predicted octanol–water partition coefficient (Wildman–Crippen LogP) is 2.78. The lowest BCUT2D eigenvalue weighted by molar-refractivity contribution is -0.113. The van der Waals surface area contributed by atoms with Crippen LogP contribution in [0, 0.1) is 0 Å². The number of benzene rings is 2. The monoisotopic (exact) mass is 398 g/mol. The zero-order valence-electron chi connectivity index (χ0n) is 15.1. The minimum absolute atomic E-state index is 0.147. The van der Waals surface area contributed by atoms with Gasteiger partial charge in [-0.1, -0.05) is 11.8 Å². The van der Waals surface area contributed by atoms with Gasteiger partial charge in [0.25, 0.3) is 0 Å². The highest BCUT2D eigenvalue weighted by molar-refractivity contribution is 7.99. The highest BCUT2D eigenvalue weighted by Gasteiger charge is 2.14. The molecule has 0 fully saturated rings. The summed E-state index contributed by atoms with van der Waals surface area (Å²) in [6.07, 6.45) is 1.61. The van der Waals surface area contributed by atoms with Crippen molar-refractivity contribution in [2.45, 2.75) is 5.16 Å². The molecule has 9 heteroatoms. The van der Waals surface area contributed by atoms with Crippen molar-refractivity contribution < 1.29 is 19.0 Å². The number of carbonyl (C=O) groups is 1. The van der Waals surface area contributed by atoms with Crippen molar-refractivity contribution in [3.8, 4) is 22.9 Å². The van der Waals surface area contributed by atoms with E-state index >= 15 is 0 Å². The van der Waals surface area contributed by atoms with Crippen molar-refractivity contribution in [1.29, 1.82) is 0 Å². The van der Waals surface area contributed by atoms with Crippen LogP contribution < -0.4 is 19.5 Å². The average Bonchev–Trinajstić information content (AvgIpc) is 3.21. The maximum Gasteiger partial charge on any atom is 0.234 e. The third-order valence-electron chi connectivity index (χ3n) is 4.03. The largest absolute Gasteiger partial charge is 0.497 e. The van der Waals surface area contributed by atoms with E-state index in [0.717, 1.165) is 11.4 Å². The third kappa shape index (κ3) is 4.04. The fourth-order valence-electron chi connectivity index (χ4n) is 2.69. The summed E-state index contributed by atoms with van der Waals surface area (Å²) < 4.78 is 18.0. The van der Waals surface area contributed by atoms with Crippen LogP contribution in [0.2, 0.25) is 0 Å². The van der Waals surface area contributed by atoms with Crippen LogP contribution >= 0.6 is 11.8 Å². The van der Waals surface area contributed by atoms with Crippen molar-refractivity contribution >= 4 is 23.4 Å². The lowest BCUT2D eigenvalue weighted by Gasteiger charge is -2.19. The van der Waals surface area contributed by atoms with Gasteiger partial charge in [0.05, 0.1) is 12.9 Å². The number of anilines is 1. The molecule has 1 aliphatic rings. The molecule has 0 radical (unpaired) electrons. The van der Waals surface area contributed by atoms with Gasteiger partial charge < -0.3 is 19.5 Å². The molecule has 0 unspecified atom stereocenters. The zero-order valence-corrected chi connectivity index (χ0v) is 15.9. The van der Waals surface area contributed by atoms with Crippen molar-refractivity contribution in [3.05, 3.63) is 48.8 Å². The summed E-state index contributed by atoms with van der Waals surface area (Å²) in [7, 11) is 1.62. The molecule has 1 N–H and O–H groups in total. The van der Waals surface area contributed by atoms with Gasteiger partial charge in [-0.15, -0.1) is 10.2 Å². The van der Waals surface area contributed by atoms with Gasteiger partial charge in [-0.05, 0) is 36.4 Å². The predicted molar refractivity (Wildman–Crippen MR) is 105 cm³/mol. The van der Waals surface area contributed by atoms with E-state index in [1.54, 1.807) is 31.6 Å². The Bertz CT molecular complexity index is 974. The number of carbonyl (C=O) groups excluding carboxylic acids is 1. The van der Waals surface area contributed by atoms with Crippen LogP contribution in [0.5, 0.6) is 17.2 Å². The first-order chi connectivity index (χ1) is 13.7. The Hall–Kier alpha value is -3.20. The molecule has 0 saturated carbocycles. The Morgan fingerprint density at radius 2 is 1.96 bits per heavy atom. The lowest BCUT2D eigenvalue weighted by Crippen LogP contribution is -2.17. The van der Waals surface area contributed by atoms with Gasteiger partial charge in [0.2, 0.25) is 5.91 Å². The molecular formula is C19H18N4O4S. The third-order valence-corrected chi connectivity index (χ3v) is 4.97. The van der Waals surface area contributed by atoms with E-state index in [0.29, 0.717) is 35.6 Å². The Morgan fingerprint density at radius 3 is 2.75 bits per heavy atom. The first-order valence-corrected chi connectivity index (χ1v) is 9.58. The summed E-state index contributed by atoms with van der Waals surface area (Å²) in [5.74, 6) is 2.14. The van der Waals surface area contributed by atoms with E-state index in [-0.39, 0.29) is 11.7 Å². The van der Waals surface area contributed by atoms with E-state index < -0.39 is 0 Å². The molecule has 28 heavy (non-hydrogen) atoms. The van der Waals surface area contributed by atoms with Crippen LogP contribution in [-0.4, -0.2) is 46.7 Å². The Labute approximate surface area is 165 Å². The Balaban J connectivity index is 1.38. The van der Waals surface area contributed by atoms with Crippen molar-refractivity contribution in [3.63, 3.8) is 0 Å². The molecular weight excluding hydrogens is 380 g/mol. The van der Waals surface area contributed by atoms with Crippen LogP contribution in [0.4, 0.5) is 5.69 Å². The standard InChI is InChI=1S/C19H18N4O4S/c1-25-15-5-3-14(4-6-15)23-12-20-22-19(23)28-11-18(24)21-13-2-7-16-17(10-13)27-9-8-26-16/h2-7,10,12H,8-9,11H2,1H3,(H,21,24). The molecule has 0 spiro atoms. The van der Waals surface area contributed by atoms with E-state index in [9.17, 15) is 4.79 Å². The SMILES string of the molecule is COc1ccc(-n2cnnc2SCC(=O)Nc2ccc3c(c2)OCCO3)cc1. The number of nitrogens with one attached hydrogen (secondary N) is 1. The van der Waals surface area contributed by atoms with Gasteiger partial charge in [-0.3, -0.25) is 9.36 Å². The number of ether oxygens (including phenoxy) is 3. The molecule has 4 rings (SSSR count). The molecule has 1 aromatic heterocycles. The molecule has 3 aromatic rings. The zero-order chi connectivity index (χ0) is 19.3. The summed E-state index contributed by atoms with van der Waals surface area (Å²) in [5, 5.41) is 11.5. The smallest absolute Gasteiger partial charge is 0.234 e. The van der Waals surface area contributed by atoms with Crippen molar-refractivity contribution in [2.24, 2.45) is 0 Å². The second kappa shape index (κ2) is 8.22. The van der Waals surface area contributed by atoms with E-state index in [1.165, 1.54) is 11.8 Å². The van der Waals surface area contributed by atoms with Gasteiger partial charge >= 0.3 is 0 Å². The normalized spacial score (nSPS) is 12.5. The number of aromatic nitrogens is 3. The molecule has 0 saturated heterocycles. The van der Waals surface area contributed by atoms with Crippen molar-refractivity contribution in [2.75, 3.05) is 31.4 Å². The topological polar surface area (TPSA) is 87.5 Å². The van der Waals surface area contributed by atoms with Gasteiger partial charge in [0.1, 0.15) is 25.3 Å². The second-order valence-electron chi connectivity index (χ2n) is 5.88. The molecule has 144 valence electrons. The van der Waals surface area contributed by atoms with Gasteiger partial charge in [-0.2, -0.15) is 0 Å². The molecule has 2 heterocycles. The number of thioether (sulfide) groups is 1.